The normalized spacial score (nSPS) is 15.2. The van der Waals surface area contributed by atoms with E-state index in [-0.39, 0.29) is 16.6 Å². The average Bonchev–Trinajstić information content (AvgIpc) is 3.45. The third kappa shape index (κ3) is 4.90. The third-order valence-electron chi connectivity index (χ3n) is 4.30. The number of carbonyl (C=O) groups excluding carboxylic acids is 1. The standard InChI is InChI=1S/C18H19N5O4S3/c24-16(12-29-18-20-17(21-22-18)15-2-1-11-28-15)19-13-3-5-14(6-4-13)30(25,26)23-7-9-27-10-8-23/h1-6,11H,7-10,12H2,(H,19,24)(H,20,21,22). The molecule has 0 radical (unpaired) electrons. The summed E-state index contributed by atoms with van der Waals surface area (Å²) in [7, 11) is -3.55. The van der Waals surface area contributed by atoms with E-state index in [9.17, 15) is 13.2 Å². The van der Waals surface area contributed by atoms with Crippen LogP contribution in [0.15, 0.2) is 51.8 Å². The van der Waals surface area contributed by atoms with Crippen molar-refractivity contribution in [3.63, 3.8) is 0 Å². The molecule has 1 saturated heterocycles. The Kier molecular flexibility index (Phi) is 6.49. The van der Waals surface area contributed by atoms with Gasteiger partial charge >= 0.3 is 0 Å². The largest absolute Gasteiger partial charge is 0.379 e. The smallest absolute Gasteiger partial charge is 0.243 e. The second-order valence-electron chi connectivity index (χ2n) is 6.32. The van der Waals surface area contributed by atoms with Gasteiger partial charge in [0.25, 0.3) is 0 Å². The van der Waals surface area contributed by atoms with Crippen molar-refractivity contribution in [3.05, 3.63) is 41.8 Å². The van der Waals surface area contributed by atoms with E-state index in [0.29, 0.717) is 43.0 Å². The summed E-state index contributed by atoms with van der Waals surface area (Å²) in [6.07, 6.45) is 0. The fourth-order valence-corrected chi connectivity index (χ4v) is 5.48. The van der Waals surface area contributed by atoms with Gasteiger partial charge in [0.15, 0.2) is 5.82 Å². The maximum Gasteiger partial charge on any atom is 0.243 e. The molecule has 2 aromatic heterocycles. The second kappa shape index (κ2) is 9.27. The van der Waals surface area contributed by atoms with Crippen LogP contribution >= 0.6 is 23.1 Å². The Morgan fingerprint density at radius 2 is 2.00 bits per heavy atom. The number of thiophene rings is 1. The monoisotopic (exact) mass is 465 g/mol. The minimum atomic E-state index is -3.55. The molecule has 0 unspecified atom stereocenters. The number of amides is 1. The topological polar surface area (TPSA) is 117 Å². The second-order valence-corrected chi connectivity index (χ2v) is 10.1. The lowest BCUT2D eigenvalue weighted by Gasteiger charge is -2.26. The molecule has 0 spiro atoms. The molecule has 0 bridgehead atoms. The molecule has 2 N–H and O–H groups in total. The molecule has 158 valence electrons. The van der Waals surface area contributed by atoms with Crippen LogP contribution in [0.5, 0.6) is 0 Å². The van der Waals surface area contributed by atoms with Crippen molar-refractivity contribution in [2.24, 2.45) is 0 Å². The van der Waals surface area contributed by atoms with Gasteiger partial charge in [0.2, 0.25) is 21.1 Å². The number of H-pyrrole nitrogens is 1. The van der Waals surface area contributed by atoms with Crippen molar-refractivity contribution in [1.29, 1.82) is 0 Å². The molecule has 9 nitrogen and oxygen atoms in total. The van der Waals surface area contributed by atoms with Crippen LogP contribution in [0, 0.1) is 0 Å². The van der Waals surface area contributed by atoms with Crippen molar-refractivity contribution in [1.82, 2.24) is 19.5 Å². The van der Waals surface area contributed by atoms with Crippen molar-refractivity contribution < 1.29 is 17.9 Å². The van der Waals surface area contributed by atoms with Gasteiger partial charge in [-0.1, -0.05) is 17.8 Å². The number of rotatable bonds is 7. The van der Waals surface area contributed by atoms with Crippen molar-refractivity contribution in [3.8, 4) is 10.7 Å². The molecule has 1 aromatic carbocycles. The molecule has 4 rings (SSSR count). The van der Waals surface area contributed by atoms with Crippen LogP contribution in [0.3, 0.4) is 0 Å². The molecule has 1 fully saturated rings. The Bertz CT molecular complexity index is 1090. The van der Waals surface area contributed by atoms with E-state index in [1.165, 1.54) is 28.2 Å². The summed E-state index contributed by atoms with van der Waals surface area (Å²) in [6, 6.07) is 10.0. The molecule has 30 heavy (non-hydrogen) atoms. The maximum atomic E-state index is 12.6. The fraction of sp³-hybridized carbons (Fsp3) is 0.278. The molecule has 0 aliphatic carbocycles. The third-order valence-corrected chi connectivity index (χ3v) is 7.93. The molecule has 0 saturated carbocycles. The number of aromatic amines is 1. The Balaban J connectivity index is 1.31. The summed E-state index contributed by atoms with van der Waals surface area (Å²) in [5, 5.41) is 12.2. The molecule has 12 heteroatoms. The predicted molar refractivity (Wildman–Crippen MR) is 115 cm³/mol. The number of ether oxygens (including phenoxy) is 1. The first kappa shape index (κ1) is 21.0. The number of hydrogen-bond donors (Lipinski definition) is 2. The molecular formula is C18H19N5O4S3. The number of aromatic nitrogens is 3. The fourth-order valence-electron chi connectivity index (χ4n) is 2.81. The Hall–Kier alpha value is -2.25. The van der Waals surface area contributed by atoms with Crippen molar-refractivity contribution in [2.75, 3.05) is 37.4 Å². The highest BCUT2D eigenvalue weighted by Gasteiger charge is 2.26. The van der Waals surface area contributed by atoms with E-state index in [4.69, 9.17) is 4.74 Å². The number of nitrogens with zero attached hydrogens (tertiary/aromatic N) is 3. The molecular weight excluding hydrogens is 446 g/mol. The molecule has 1 aliphatic rings. The molecule has 3 heterocycles. The summed E-state index contributed by atoms with van der Waals surface area (Å²) in [4.78, 5) is 17.7. The van der Waals surface area contributed by atoms with Crippen LogP contribution in [-0.2, 0) is 19.6 Å². The Morgan fingerprint density at radius 1 is 1.23 bits per heavy atom. The van der Waals surface area contributed by atoms with E-state index in [1.54, 1.807) is 23.5 Å². The summed E-state index contributed by atoms with van der Waals surface area (Å²) >= 11 is 2.77. The van der Waals surface area contributed by atoms with Gasteiger partial charge in [-0.3, -0.25) is 9.89 Å². The van der Waals surface area contributed by atoms with Gasteiger partial charge in [-0.2, -0.15) is 4.31 Å². The minimum absolute atomic E-state index is 0.134. The molecule has 1 amide bonds. The number of thioether (sulfide) groups is 1. The van der Waals surface area contributed by atoms with E-state index < -0.39 is 10.0 Å². The summed E-state index contributed by atoms with van der Waals surface area (Å²) in [6.45, 7) is 1.47. The minimum Gasteiger partial charge on any atom is -0.379 e. The zero-order valence-electron chi connectivity index (χ0n) is 15.8. The van der Waals surface area contributed by atoms with Gasteiger partial charge in [-0.15, -0.1) is 16.4 Å². The highest BCUT2D eigenvalue weighted by molar-refractivity contribution is 7.99. The van der Waals surface area contributed by atoms with Crippen LogP contribution < -0.4 is 5.32 Å². The molecule has 0 atom stereocenters. The maximum absolute atomic E-state index is 12.6. The van der Waals surface area contributed by atoms with Crippen LogP contribution in [0.2, 0.25) is 0 Å². The highest BCUT2D eigenvalue weighted by atomic mass is 32.2. The Labute approximate surface area is 181 Å². The van der Waals surface area contributed by atoms with Crippen molar-refractivity contribution in [2.45, 2.75) is 10.1 Å². The lowest BCUT2D eigenvalue weighted by atomic mass is 10.3. The van der Waals surface area contributed by atoms with E-state index >= 15 is 0 Å². The van der Waals surface area contributed by atoms with E-state index in [1.807, 2.05) is 17.5 Å². The van der Waals surface area contributed by atoms with Gasteiger partial charge in [-0.25, -0.2) is 13.4 Å². The first-order chi connectivity index (χ1) is 14.5. The summed E-state index contributed by atoms with van der Waals surface area (Å²) in [5.41, 5.74) is 0.524. The molecule has 3 aromatic rings. The average molecular weight is 466 g/mol. The van der Waals surface area contributed by atoms with Gasteiger partial charge in [-0.05, 0) is 35.7 Å². The Morgan fingerprint density at radius 3 is 2.70 bits per heavy atom. The van der Waals surface area contributed by atoms with E-state index in [0.717, 1.165) is 4.88 Å². The number of benzene rings is 1. The van der Waals surface area contributed by atoms with Gasteiger partial charge in [0.05, 0.1) is 28.7 Å². The van der Waals surface area contributed by atoms with Crippen LogP contribution in [-0.4, -0.2) is 65.9 Å². The molecule has 1 aliphatic heterocycles. The lowest BCUT2D eigenvalue weighted by Crippen LogP contribution is -2.40. The first-order valence-electron chi connectivity index (χ1n) is 9.09. The zero-order valence-corrected chi connectivity index (χ0v) is 18.2. The first-order valence-corrected chi connectivity index (χ1v) is 12.4. The zero-order chi connectivity index (χ0) is 21.0. The number of carbonyl (C=O) groups is 1. The van der Waals surface area contributed by atoms with Gasteiger partial charge in [0.1, 0.15) is 0 Å². The predicted octanol–water partition coefficient (Wildman–Crippen LogP) is 2.28. The van der Waals surface area contributed by atoms with Crippen LogP contribution in [0.25, 0.3) is 10.7 Å². The SMILES string of the molecule is O=C(CSc1n[nH]c(-c2cccs2)n1)Nc1ccc(S(=O)(=O)N2CCOCC2)cc1. The summed E-state index contributed by atoms with van der Waals surface area (Å²) in [5.74, 6) is 0.575. The number of sulfonamides is 1. The van der Waals surface area contributed by atoms with Gasteiger partial charge < -0.3 is 10.1 Å². The van der Waals surface area contributed by atoms with Crippen LogP contribution in [0.4, 0.5) is 5.69 Å². The number of nitrogens with one attached hydrogen (secondary N) is 2. The van der Waals surface area contributed by atoms with Gasteiger partial charge in [0, 0.05) is 18.8 Å². The lowest BCUT2D eigenvalue weighted by molar-refractivity contribution is -0.113. The number of hydrogen-bond acceptors (Lipinski definition) is 8. The van der Waals surface area contributed by atoms with E-state index in [2.05, 4.69) is 20.5 Å². The van der Waals surface area contributed by atoms with Crippen LogP contribution in [0.1, 0.15) is 0 Å². The van der Waals surface area contributed by atoms with Crippen molar-refractivity contribution >= 4 is 44.7 Å². The number of morpholine rings is 1. The number of anilines is 1. The summed E-state index contributed by atoms with van der Waals surface area (Å²) < 4.78 is 31.9. The quantitative estimate of drug-likeness (QED) is 0.514. The highest BCUT2D eigenvalue weighted by Crippen LogP contribution is 2.23.